The molecule has 5 atom stereocenters. The van der Waals surface area contributed by atoms with Gasteiger partial charge in [-0.3, -0.25) is 0 Å². The second-order valence-electron chi connectivity index (χ2n) is 4.65. The minimum absolute atomic E-state index is 0.282. The highest BCUT2D eigenvalue weighted by molar-refractivity contribution is 9.10. The van der Waals surface area contributed by atoms with Gasteiger partial charge in [0.15, 0.2) is 0 Å². The zero-order valence-electron chi connectivity index (χ0n) is 9.91. The van der Waals surface area contributed by atoms with E-state index in [0.29, 0.717) is 22.8 Å². The molecule has 5 heteroatoms. The lowest BCUT2D eigenvalue weighted by Gasteiger charge is -2.23. The van der Waals surface area contributed by atoms with Gasteiger partial charge in [0.1, 0.15) is 4.34 Å². The minimum atomic E-state index is 0.282. The molecule has 0 aromatic carbocycles. The van der Waals surface area contributed by atoms with Gasteiger partial charge in [-0.15, -0.1) is 11.3 Å². The molecule has 17 heavy (non-hydrogen) atoms. The molecule has 0 aliphatic carbocycles. The maximum atomic E-state index is 6.10. The summed E-state index contributed by atoms with van der Waals surface area (Å²) in [6.45, 7) is 6.57. The van der Waals surface area contributed by atoms with Crippen molar-refractivity contribution in [2.75, 3.05) is 0 Å². The van der Waals surface area contributed by atoms with Crippen LogP contribution in [0.3, 0.4) is 0 Å². The Bertz CT molecular complexity index is 390. The highest BCUT2D eigenvalue weighted by atomic mass is 79.9. The van der Waals surface area contributed by atoms with Crippen LogP contribution in [0, 0.1) is 11.8 Å². The van der Waals surface area contributed by atoms with Crippen LogP contribution in [0.2, 0.25) is 4.34 Å². The molecule has 0 amide bonds. The third-order valence-electron chi connectivity index (χ3n) is 3.59. The van der Waals surface area contributed by atoms with Crippen molar-refractivity contribution in [2.24, 2.45) is 11.8 Å². The van der Waals surface area contributed by atoms with Crippen molar-refractivity contribution >= 4 is 54.8 Å². The molecule has 0 spiro atoms. The number of hydrogen-bond acceptors (Lipinski definition) is 2. The summed E-state index contributed by atoms with van der Waals surface area (Å²) >= 11 is 15.0. The second-order valence-corrected chi connectivity index (χ2v) is 8.18. The molecule has 1 nitrogen and oxygen atoms in total. The van der Waals surface area contributed by atoms with Gasteiger partial charge in [0.2, 0.25) is 0 Å². The lowest BCUT2D eigenvalue weighted by Crippen LogP contribution is -2.21. The van der Waals surface area contributed by atoms with E-state index in [1.54, 1.807) is 11.3 Å². The fourth-order valence-electron chi connectivity index (χ4n) is 2.49. The average Bonchev–Trinajstić information content (AvgIpc) is 2.70. The lowest BCUT2D eigenvalue weighted by atomic mass is 9.86. The zero-order valence-corrected chi connectivity index (χ0v) is 14.7. The van der Waals surface area contributed by atoms with E-state index in [4.69, 9.17) is 16.3 Å². The van der Waals surface area contributed by atoms with Crippen LogP contribution in [0.4, 0.5) is 0 Å². The largest absolute Gasteiger partial charge is 0.375 e. The fourth-order valence-corrected chi connectivity index (χ4v) is 5.58. The molecule has 1 aliphatic heterocycles. The van der Waals surface area contributed by atoms with Gasteiger partial charge in [-0.2, -0.15) is 0 Å². The standard InChI is InChI=1S/C12H15Br2ClOS/c1-5-6(2)16-7(3)10(5)11(14)9-4-8(13)12(15)17-9/h4-7,10-11H,1-3H3. The van der Waals surface area contributed by atoms with Crippen molar-refractivity contribution in [2.45, 2.75) is 37.8 Å². The van der Waals surface area contributed by atoms with Gasteiger partial charge in [-0.05, 0) is 41.8 Å². The summed E-state index contributed by atoms with van der Waals surface area (Å²) in [5.41, 5.74) is 0. The maximum Gasteiger partial charge on any atom is 0.107 e. The van der Waals surface area contributed by atoms with Crippen molar-refractivity contribution in [3.8, 4) is 0 Å². The first-order valence-corrected chi connectivity index (χ1v) is 8.56. The molecule has 1 saturated heterocycles. The molecule has 0 bridgehead atoms. The number of alkyl halides is 1. The summed E-state index contributed by atoms with van der Waals surface area (Å²) in [7, 11) is 0. The smallest absolute Gasteiger partial charge is 0.107 e. The number of rotatable bonds is 2. The molecule has 2 rings (SSSR count). The average molecular weight is 403 g/mol. The molecule has 1 aliphatic rings. The van der Waals surface area contributed by atoms with Crippen LogP contribution in [0.1, 0.15) is 30.5 Å². The Balaban J connectivity index is 2.22. The highest BCUT2D eigenvalue weighted by Gasteiger charge is 2.41. The molecule has 2 heterocycles. The van der Waals surface area contributed by atoms with Crippen molar-refractivity contribution in [3.05, 3.63) is 19.8 Å². The van der Waals surface area contributed by atoms with Crippen LogP contribution in [0.25, 0.3) is 0 Å². The highest BCUT2D eigenvalue weighted by Crippen LogP contribution is 2.48. The van der Waals surface area contributed by atoms with Crippen molar-refractivity contribution in [1.29, 1.82) is 0 Å². The molecular formula is C12H15Br2ClOS. The zero-order chi connectivity index (χ0) is 12.7. The Labute approximate surface area is 128 Å². The molecule has 1 aromatic rings. The van der Waals surface area contributed by atoms with Crippen LogP contribution < -0.4 is 0 Å². The Morgan fingerprint density at radius 3 is 2.41 bits per heavy atom. The predicted octanol–water partition coefficient (Wildman–Crippen LogP) is 5.66. The third-order valence-corrected chi connectivity index (χ3v) is 7.56. The Morgan fingerprint density at radius 1 is 1.35 bits per heavy atom. The number of halogens is 3. The quantitative estimate of drug-likeness (QED) is 0.580. The van der Waals surface area contributed by atoms with E-state index in [1.165, 1.54) is 4.88 Å². The molecule has 1 fully saturated rings. The van der Waals surface area contributed by atoms with E-state index >= 15 is 0 Å². The van der Waals surface area contributed by atoms with Gasteiger partial charge in [0.25, 0.3) is 0 Å². The number of ether oxygens (including phenoxy) is 1. The summed E-state index contributed by atoms with van der Waals surface area (Å²) in [4.78, 5) is 1.58. The van der Waals surface area contributed by atoms with E-state index in [-0.39, 0.29) is 6.10 Å². The van der Waals surface area contributed by atoms with Gasteiger partial charge >= 0.3 is 0 Å². The van der Waals surface area contributed by atoms with Gasteiger partial charge in [-0.1, -0.05) is 34.5 Å². The minimum Gasteiger partial charge on any atom is -0.375 e. The van der Waals surface area contributed by atoms with Crippen molar-refractivity contribution in [3.63, 3.8) is 0 Å². The van der Waals surface area contributed by atoms with Crippen LogP contribution in [-0.4, -0.2) is 12.2 Å². The number of thiophene rings is 1. The molecule has 0 radical (unpaired) electrons. The lowest BCUT2D eigenvalue weighted by molar-refractivity contribution is 0.0511. The monoisotopic (exact) mass is 400 g/mol. The van der Waals surface area contributed by atoms with Crippen LogP contribution in [0.15, 0.2) is 10.5 Å². The van der Waals surface area contributed by atoms with Gasteiger partial charge in [0.05, 0.1) is 17.0 Å². The summed E-state index contributed by atoms with van der Waals surface area (Å²) in [6.07, 6.45) is 0.609. The van der Waals surface area contributed by atoms with Gasteiger partial charge < -0.3 is 4.74 Å². The Morgan fingerprint density at radius 2 is 2.00 bits per heavy atom. The predicted molar refractivity (Wildman–Crippen MR) is 81.4 cm³/mol. The van der Waals surface area contributed by atoms with Gasteiger partial charge in [-0.25, -0.2) is 0 Å². The van der Waals surface area contributed by atoms with Crippen LogP contribution >= 0.6 is 54.8 Å². The van der Waals surface area contributed by atoms with E-state index in [9.17, 15) is 0 Å². The molecule has 0 saturated carbocycles. The molecule has 96 valence electrons. The van der Waals surface area contributed by atoms with Gasteiger partial charge in [0, 0.05) is 15.3 Å². The Hall–Kier alpha value is 0.910. The van der Waals surface area contributed by atoms with E-state index in [1.807, 2.05) is 0 Å². The molecule has 1 aromatic heterocycles. The van der Waals surface area contributed by atoms with Crippen molar-refractivity contribution < 1.29 is 4.74 Å². The van der Waals surface area contributed by atoms with E-state index < -0.39 is 0 Å². The maximum absolute atomic E-state index is 6.10. The molecule has 0 N–H and O–H groups in total. The normalized spacial score (nSPS) is 35.2. The fraction of sp³-hybridized carbons (Fsp3) is 0.667. The van der Waals surface area contributed by atoms with Crippen LogP contribution in [-0.2, 0) is 4.74 Å². The first kappa shape index (κ1) is 14.3. The summed E-state index contributed by atoms with van der Waals surface area (Å²) < 4.78 is 7.69. The number of hydrogen-bond donors (Lipinski definition) is 0. The van der Waals surface area contributed by atoms with E-state index in [0.717, 1.165) is 8.81 Å². The van der Waals surface area contributed by atoms with Crippen LogP contribution in [0.5, 0.6) is 0 Å². The second kappa shape index (κ2) is 5.49. The third kappa shape index (κ3) is 2.76. The summed E-state index contributed by atoms with van der Waals surface area (Å²) in [5, 5.41) is 0. The van der Waals surface area contributed by atoms with E-state index in [2.05, 4.69) is 58.7 Å². The first-order valence-electron chi connectivity index (χ1n) is 5.66. The topological polar surface area (TPSA) is 9.23 Å². The first-order chi connectivity index (χ1) is 7.91. The molecular weight excluding hydrogens is 387 g/mol. The Kier molecular flexibility index (Phi) is 4.63. The molecule has 5 unspecified atom stereocenters. The van der Waals surface area contributed by atoms with Crippen molar-refractivity contribution in [1.82, 2.24) is 0 Å². The summed E-state index contributed by atoms with van der Waals surface area (Å²) in [6, 6.07) is 2.11. The SMILES string of the molecule is CC1OC(C)C(C(Br)c2cc(Br)c(Cl)s2)C1C. The summed E-state index contributed by atoms with van der Waals surface area (Å²) in [5.74, 6) is 1.04.